The van der Waals surface area contributed by atoms with Crippen LogP contribution in [0.1, 0.15) is 74.1 Å². The van der Waals surface area contributed by atoms with Gasteiger partial charge in [0.05, 0.1) is 34.2 Å². The molecule has 0 radical (unpaired) electrons. The maximum atomic E-state index is 11.5. The first-order valence-corrected chi connectivity index (χ1v) is 13.6. The maximum absolute atomic E-state index is 11.5. The van der Waals surface area contributed by atoms with Crippen molar-refractivity contribution in [3.05, 3.63) is 92.0 Å². The van der Waals surface area contributed by atoms with Crippen molar-refractivity contribution in [2.45, 2.75) is 74.1 Å². The number of aliphatic hydroxyl groups excluding tert-OH is 1. The largest absolute Gasteiger partial charge is 0.504 e. The van der Waals surface area contributed by atoms with Gasteiger partial charge in [-0.05, 0) is 104 Å². The lowest BCUT2D eigenvalue weighted by Crippen LogP contribution is -2.31. The average molecular weight is 496 g/mol. The Morgan fingerprint density at radius 1 is 0.676 bits per heavy atom. The fourth-order valence-electron chi connectivity index (χ4n) is 5.86. The molecule has 0 amide bonds. The monoisotopic (exact) mass is 495 g/mol. The maximum Gasteiger partial charge on any atom is 0.167 e. The van der Waals surface area contributed by atoms with Crippen molar-refractivity contribution in [3.8, 4) is 0 Å². The molecule has 6 heteroatoms. The SMILES string of the molecule is CCC1=C(C)C2=NC1=CC1=NC(=CC3=NC(=C(O)C4=CC(=C2)NN4CC)C(C)=C3CC)C(CC)=C1CC. The Morgan fingerprint density at radius 2 is 1.27 bits per heavy atom. The Balaban J connectivity index is 1.82. The Bertz CT molecular complexity index is 1430. The first-order valence-electron chi connectivity index (χ1n) is 13.6. The third kappa shape index (κ3) is 3.99. The number of fused-ring (bicyclic) bond motifs is 4. The van der Waals surface area contributed by atoms with E-state index in [1.165, 1.54) is 22.3 Å². The smallest absolute Gasteiger partial charge is 0.167 e. The van der Waals surface area contributed by atoms with Gasteiger partial charge >= 0.3 is 0 Å². The standard InChI is InChI=1S/C31H37N5O/c1-8-20-17(6)24-13-19-14-29(36(12-5)35-19)31(37)30-18(7)21(9-2)26(34-30)16-28-23(11-4)22(10-3)27(33-28)15-25(20)32-24/h13-16,35,37H,8-12H2,1-7H3. The van der Waals surface area contributed by atoms with Gasteiger partial charge in [-0.15, -0.1) is 0 Å². The molecule has 37 heavy (non-hydrogen) atoms. The number of nitrogens with zero attached hydrogens (tertiary/aromatic N) is 4. The van der Waals surface area contributed by atoms with E-state index in [1.807, 2.05) is 11.1 Å². The van der Waals surface area contributed by atoms with Gasteiger partial charge in [-0.25, -0.2) is 15.0 Å². The quantitative estimate of drug-likeness (QED) is 0.428. The van der Waals surface area contributed by atoms with Crippen LogP contribution >= 0.6 is 0 Å². The van der Waals surface area contributed by atoms with Crippen LogP contribution in [0.5, 0.6) is 0 Å². The number of aliphatic imine (C=N–C) groups is 3. The third-order valence-electron chi connectivity index (χ3n) is 7.84. The summed E-state index contributed by atoms with van der Waals surface area (Å²) in [6.07, 6.45) is 11.9. The van der Waals surface area contributed by atoms with Gasteiger partial charge in [0, 0.05) is 6.54 Å². The molecule has 0 aromatic rings. The van der Waals surface area contributed by atoms with E-state index in [0.717, 1.165) is 76.8 Å². The Kier molecular flexibility index (Phi) is 6.52. The molecule has 6 nitrogen and oxygen atoms in total. The fourth-order valence-corrected chi connectivity index (χ4v) is 5.86. The lowest BCUT2D eigenvalue weighted by molar-refractivity contribution is 0.283. The molecule has 8 bridgehead atoms. The lowest BCUT2D eigenvalue weighted by atomic mass is 9.96. The fraction of sp³-hybridized carbons (Fsp3) is 0.387. The van der Waals surface area contributed by atoms with Crippen LogP contribution in [0.3, 0.4) is 0 Å². The molecular weight excluding hydrogens is 458 g/mol. The van der Waals surface area contributed by atoms with Crippen LogP contribution < -0.4 is 5.43 Å². The Hall–Kier alpha value is -3.67. The minimum absolute atomic E-state index is 0.188. The predicted molar refractivity (Wildman–Crippen MR) is 153 cm³/mol. The zero-order chi connectivity index (χ0) is 26.4. The summed E-state index contributed by atoms with van der Waals surface area (Å²) in [4.78, 5) is 15.2. The van der Waals surface area contributed by atoms with E-state index in [4.69, 9.17) is 15.0 Å². The van der Waals surface area contributed by atoms with Gasteiger partial charge < -0.3 is 5.11 Å². The van der Waals surface area contributed by atoms with E-state index in [9.17, 15) is 5.11 Å². The van der Waals surface area contributed by atoms with Gasteiger partial charge in [-0.1, -0.05) is 27.7 Å². The molecular formula is C31H37N5O. The summed E-state index contributed by atoms with van der Waals surface area (Å²) in [5.41, 5.74) is 17.6. The molecule has 0 saturated heterocycles. The summed E-state index contributed by atoms with van der Waals surface area (Å²) < 4.78 is 0. The number of aliphatic hydroxyl groups is 1. The average Bonchev–Trinajstić information content (AvgIpc) is 3.61. The van der Waals surface area contributed by atoms with Crippen LogP contribution in [0.25, 0.3) is 0 Å². The van der Waals surface area contributed by atoms with Crippen molar-refractivity contribution in [2.24, 2.45) is 15.0 Å². The van der Waals surface area contributed by atoms with Gasteiger partial charge in [-0.3, -0.25) is 10.4 Å². The highest BCUT2D eigenvalue weighted by Gasteiger charge is 2.30. The zero-order valence-corrected chi connectivity index (χ0v) is 23.1. The van der Waals surface area contributed by atoms with Crippen LogP contribution in [0, 0.1) is 0 Å². The van der Waals surface area contributed by atoms with Crippen LogP contribution in [-0.2, 0) is 0 Å². The second-order valence-electron chi connectivity index (χ2n) is 9.81. The molecule has 5 aliphatic rings. The number of hydrazine groups is 1. The van der Waals surface area contributed by atoms with Crippen molar-refractivity contribution in [2.75, 3.05) is 6.54 Å². The van der Waals surface area contributed by atoms with Gasteiger partial charge in [0.15, 0.2) is 5.76 Å². The number of rotatable bonds is 5. The van der Waals surface area contributed by atoms with Crippen LogP contribution in [-0.4, -0.2) is 33.8 Å². The molecule has 0 saturated carbocycles. The molecule has 0 aliphatic carbocycles. The van der Waals surface area contributed by atoms with Crippen LogP contribution in [0.15, 0.2) is 107 Å². The second kappa shape index (κ2) is 9.66. The topological polar surface area (TPSA) is 72.6 Å². The van der Waals surface area contributed by atoms with Gasteiger partial charge in [-0.2, -0.15) is 0 Å². The zero-order valence-electron chi connectivity index (χ0n) is 23.1. The molecule has 5 aliphatic heterocycles. The molecule has 192 valence electrons. The van der Waals surface area contributed by atoms with E-state index in [1.54, 1.807) is 0 Å². The van der Waals surface area contributed by atoms with E-state index in [-0.39, 0.29) is 5.76 Å². The predicted octanol–water partition coefficient (Wildman–Crippen LogP) is 7.08. The lowest BCUT2D eigenvalue weighted by Gasteiger charge is -2.21. The number of hydrogen-bond acceptors (Lipinski definition) is 6. The highest BCUT2D eigenvalue weighted by molar-refractivity contribution is 6.18. The van der Waals surface area contributed by atoms with E-state index < -0.39 is 0 Å². The first kappa shape index (κ1) is 25.0. The Labute approximate surface area is 220 Å². The van der Waals surface area contributed by atoms with E-state index in [0.29, 0.717) is 12.2 Å². The molecule has 2 N–H and O–H groups in total. The number of allylic oxidation sites excluding steroid dienone is 10. The molecule has 0 unspecified atom stereocenters. The highest BCUT2D eigenvalue weighted by atomic mass is 16.3. The molecule has 0 spiro atoms. The number of likely N-dealkylation sites (N-methyl/N-ethyl adjacent to an activating group) is 1. The van der Waals surface area contributed by atoms with Crippen molar-refractivity contribution >= 4 is 17.1 Å². The molecule has 0 aromatic heterocycles. The van der Waals surface area contributed by atoms with Crippen molar-refractivity contribution in [1.29, 1.82) is 0 Å². The van der Waals surface area contributed by atoms with Crippen molar-refractivity contribution in [3.63, 3.8) is 0 Å². The van der Waals surface area contributed by atoms with Gasteiger partial charge in [0.2, 0.25) is 0 Å². The van der Waals surface area contributed by atoms with Gasteiger partial charge in [0.1, 0.15) is 11.4 Å². The molecule has 0 fully saturated rings. The van der Waals surface area contributed by atoms with Crippen molar-refractivity contribution in [1.82, 2.24) is 10.4 Å². The minimum Gasteiger partial charge on any atom is -0.504 e. The van der Waals surface area contributed by atoms with Crippen LogP contribution in [0.4, 0.5) is 0 Å². The Morgan fingerprint density at radius 3 is 1.89 bits per heavy atom. The summed E-state index contributed by atoms with van der Waals surface area (Å²) in [6.45, 7) is 15.7. The van der Waals surface area contributed by atoms with Crippen molar-refractivity contribution < 1.29 is 5.11 Å². The van der Waals surface area contributed by atoms with E-state index in [2.05, 4.69) is 72.1 Å². The summed E-state index contributed by atoms with van der Waals surface area (Å²) >= 11 is 0. The third-order valence-corrected chi connectivity index (χ3v) is 7.84. The second-order valence-corrected chi connectivity index (χ2v) is 9.81. The summed E-state index contributed by atoms with van der Waals surface area (Å²) in [5.74, 6) is 0.188. The van der Waals surface area contributed by atoms with E-state index >= 15 is 0 Å². The number of nitrogens with one attached hydrogen (secondary N) is 1. The highest BCUT2D eigenvalue weighted by Crippen LogP contribution is 2.38. The summed E-state index contributed by atoms with van der Waals surface area (Å²) in [6, 6.07) is 0. The molecule has 0 aromatic carbocycles. The molecule has 0 atom stereocenters. The molecule has 5 heterocycles. The normalized spacial score (nSPS) is 21.3. The number of hydrogen-bond donors (Lipinski definition) is 2. The van der Waals surface area contributed by atoms with Crippen LogP contribution in [0.2, 0.25) is 0 Å². The minimum atomic E-state index is 0.188. The van der Waals surface area contributed by atoms with Gasteiger partial charge in [0.25, 0.3) is 0 Å². The summed E-state index contributed by atoms with van der Waals surface area (Å²) in [5, 5.41) is 13.5. The summed E-state index contributed by atoms with van der Waals surface area (Å²) in [7, 11) is 0. The molecule has 5 rings (SSSR count). The first-order chi connectivity index (χ1) is 17.8.